The number of carbonyl (C=O) groups excluding carboxylic acids is 1. The number of alkyl halides is 3. The molecule has 1 aromatic heterocycles. The van der Waals surface area contributed by atoms with E-state index in [0.717, 1.165) is 16.9 Å². The van der Waals surface area contributed by atoms with E-state index in [1.54, 1.807) is 0 Å². The molecule has 10 heteroatoms. The summed E-state index contributed by atoms with van der Waals surface area (Å²) in [7, 11) is 0. The summed E-state index contributed by atoms with van der Waals surface area (Å²) in [5.41, 5.74) is -2.31. The van der Waals surface area contributed by atoms with E-state index in [0.29, 0.717) is 12.8 Å². The van der Waals surface area contributed by atoms with E-state index in [4.69, 9.17) is 5.11 Å². The van der Waals surface area contributed by atoms with Crippen molar-refractivity contribution in [1.82, 2.24) is 20.3 Å². The van der Waals surface area contributed by atoms with E-state index in [1.165, 1.54) is 18.2 Å². The van der Waals surface area contributed by atoms with Crippen molar-refractivity contribution in [1.29, 1.82) is 0 Å². The number of benzene rings is 1. The SMILES string of the molecule is O=C(NCC1(C(=O)O)CC1)c1cn(-c2ccccc2C(F)(F)F)nn1. The van der Waals surface area contributed by atoms with Crippen LogP contribution < -0.4 is 5.32 Å². The van der Waals surface area contributed by atoms with Crippen LogP contribution in [0.1, 0.15) is 28.9 Å². The topological polar surface area (TPSA) is 97.1 Å². The monoisotopic (exact) mass is 354 g/mol. The fourth-order valence-corrected chi connectivity index (χ4v) is 2.36. The average Bonchev–Trinajstić information content (AvgIpc) is 3.20. The van der Waals surface area contributed by atoms with E-state index in [2.05, 4.69) is 15.6 Å². The van der Waals surface area contributed by atoms with Crippen LogP contribution in [-0.4, -0.2) is 38.5 Å². The first-order chi connectivity index (χ1) is 11.7. The van der Waals surface area contributed by atoms with Crippen LogP contribution in [0.15, 0.2) is 30.5 Å². The second-order valence-electron chi connectivity index (χ2n) is 5.83. The van der Waals surface area contributed by atoms with Crippen LogP contribution in [0.5, 0.6) is 0 Å². The normalized spacial score (nSPS) is 15.6. The highest BCUT2D eigenvalue weighted by molar-refractivity contribution is 5.92. The van der Waals surface area contributed by atoms with Crippen molar-refractivity contribution < 1.29 is 27.9 Å². The van der Waals surface area contributed by atoms with Crippen molar-refractivity contribution in [2.45, 2.75) is 19.0 Å². The van der Waals surface area contributed by atoms with Crippen LogP contribution >= 0.6 is 0 Å². The number of halogens is 3. The molecule has 1 amide bonds. The van der Waals surface area contributed by atoms with Gasteiger partial charge in [0.1, 0.15) is 0 Å². The van der Waals surface area contributed by atoms with Gasteiger partial charge in [-0.25, -0.2) is 4.68 Å². The third kappa shape index (κ3) is 3.32. The molecule has 1 saturated carbocycles. The molecule has 0 radical (unpaired) electrons. The summed E-state index contributed by atoms with van der Waals surface area (Å²) >= 11 is 0. The van der Waals surface area contributed by atoms with E-state index in [-0.39, 0.29) is 17.9 Å². The maximum atomic E-state index is 13.0. The summed E-state index contributed by atoms with van der Waals surface area (Å²) in [5.74, 6) is -1.68. The molecule has 0 aliphatic heterocycles. The van der Waals surface area contributed by atoms with Crippen LogP contribution in [0.2, 0.25) is 0 Å². The number of amides is 1. The van der Waals surface area contributed by atoms with Crippen LogP contribution in [0, 0.1) is 5.41 Å². The van der Waals surface area contributed by atoms with Crippen molar-refractivity contribution in [3.63, 3.8) is 0 Å². The minimum atomic E-state index is -4.58. The van der Waals surface area contributed by atoms with Crippen LogP contribution in [0.3, 0.4) is 0 Å². The molecule has 7 nitrogen and oxygen atoms in total. The molecule has 0 bridgehead atoms. The highest BCUT2D eigenvalue weighted by atomic mass is 19.4. The summed E-state index contributed by atoms with van der Waals surface area (Å²) in [4.78, 5) is 23.1. The van der Waals surface area contributed by atoms with E-state index in [1.807, 2.05) is 0 Å². The van der Waals surface area contributed by atoms with Gasteiger partial charge in [-0.2, -0.15) is 13.2 Å². The first-order valence-electron chi connectivity index (χ1n) is 7.33. The van der Waals surface area contributed by atoms with Gasteiger partial charge in [-0.15, -0.1) is 5.10 Å². The zero-order chi connectivity index (χ0) is 18.2. The van der Waals surface area contributed by atoms with Gasteiger partial charge in [-0.3, -0.25) is 9.59 Å². The number of para-hydroxylation sites is 1. The Balaban J connectivity index is 1.77. The van der Waals surface area contributed by atoms with Crippen LogP contribution in [0.4, 0.5) is 13.2 Å². The number of rotatable bonds is 5. The van der Waals surface area contributed by atoms with Crippen molar-refractivity contribution in [2.24, 2.45) is 5.41 Å². The number of carboxylic acids is 1. The predicted molar refractivity (Wildman–Crippen MR) is 78.0 cm³/mol. The van der Waals surface area contributed by atoms with Crippen molar-refractivity contribution >= 4 is 11.9 Å². The molecule has 0 unspecified atom stereocenters. The van der Waals surface area contributed by atoms with Crippen molar-refractivity contribution in [3.8, 4) is 5.69 Å². The van der Waals surface area contributed by atoms with Gasteiger partial charge in [0.15, 0.2) is 5.69 Å². The van der Waals surface area contributed by atoms with E-state index >= 15 is 0 Å². The Morgan fingerprint density at radius 2 is 1.96 bits per heavy atom. The number of carbonyl (C=O) groups is 2. The third-order valence-electron chi connectivity index (χ3n) is 4.08. The molecule has 1 aromatic carbocycles. The Bertz CT molecular complexity index is 827. The smallest absolute Gasteiger partial charge is 0.418 e. The Hall–Kier alpha value is -2.91. The number of carboxylic acid groups (broad SMARTS) is 1. The third-order valence-corrected chi connectivity index (χ3v) is 4.08. The number of aromatic nitrogens is 3. The van der Waals surface area contributed by atoms with Gasteiger partial charge in [0.25, 0.3) is 5.91 Å². The Morgan fingerprint density at radius 1 is 1.28 bits per heavy atom. The maximum absolute atomic E-state index is 13.0. The number of hydrogen-bond donors (Lipinski definition) is 2. The molecule has 2 aromatic rings. The predicted octanol–water partition coefficient (Wildman–Crippen LogP) is 1.88. The molecule has 132 valence electrons. The fraction of sp³-hybridized carbons (Fsp3) is 0.333. The number of aliphatic carboxylic acids is 1. The molecule has 0 saturated heterocycles. The van der Waals surface area contributed by atoms with Gasteiger partial charge in [-0.05, 0) is 25.0 Å². The Kier molecular flexibility index (Phi) is 3.97. The lowest BCUT2D eigenvalue weighted by molar-refractivity contribution is -0.143. The summed E-state index contributed by atoms with van der Waals surface area (Å²) in [6, 6.07) is 4.77. The van der Waals surface area contributed by atoms with Crippen LogP contribution in [-0.2, 0) is 11.0 Å². The molecule has 1 fully saturated rings. The highest BCUT2D eigenvalue weighted by Crippen LogP contribution is 2.45. The fourth-order valence-electron chi connectivity index (χ4n) is 2.36. The minimum Gasteiger partial charge on any atom is -0.481 e. The lowest BCUT2D eigenvalue weighted by atomic mass is 10.1. The standard InChI is InChI=1S/C15H13F3N4O3/c16-15(17,18)9-3-1-2-4-11(9)22-7-10(20-21-22)12(23)19-8-14(5-6-14)13(24)25/h1-4,7H,5-6,8H2,(H,19,23)(H,24,25). The van der Waals surface area contributed by atoms with Gasteiger partial charge in [0.2, 0.25) is 0 Å². The second-order valence-corrected chi connectivity index (χ2v) is 5.83. The minimum absolute atomic E-state index is 0.0623. The maximum Gasteiger partial charge on any atom is 0.418 e. The van der Waals surface area contributed by atoms with Gasteiger partial charge >= 0.3 is 12.1 Å². The first kappa shape index (κ1) is 16.9. The summed E-state index contributed by atoms with van der Waals surface area (Å²) in [6.07, 6.45) is -2.58. The van der Waals surface area contributed by atoms with Crippen LogP contribution in [0.25, 0.3) is 5.69 Å². The molecule has 1 heterocycles. The molecule has 1 aliphatic carbocycles. The highest BCUT2D eigenvalue weighted by Gasteiger charge is 2.50. The second kappa shape index (κ2) is 5.87. The number of nitrogens with one attached hydrogen (secondary N) is 1. The molecule has 1 aliphatic rings. The van der Waals surface area contributed by atoms with Crippen molar-refractivity contribution in [3.05, 3.63) is 41.7 Å². The Labute approximate surface area is 139 Å². The number of hydrogen-bond acceptors (Lipinski definition) is 4. The molecule has 2 N–H and O–H groups in total. The molecule has 25 heavy (non-hydrogen) atoms. The summed E-state index contributed by atoms with van der Waals surface area (Å²) < 4.78 is 40.0. The molecular formula is C15H13F3N4O3. The molecule has 0 atom stereocenters. The van der Waals surface area contributed by atoms with Gasteiger partial charge < -0.3 is 10.4 Å². The lowest BCUT2D eigenvalue weighted by Crippen LogP contribution is -2.34. The summed E-state index contributed by atoms with van der Waals surface area (Å²) in [6.45, 7) is -0.0623. The summed E-state index contributed by atoms with van der Waals surface area (Å²) in [5, 5.41) is 18.6. The van der Waals surface area contributed by atoms with E-state index < -0.39 is 29.0 Å². The molecular weight excluding hydrogens is 341 g/mol. The van der Waals surface area contributed by atoms with Crippen molar-refractivity contribution in [2.75, 3.05) is 6.54 Å². The van der Waals surface area contributed by atoms with Gasteiger partial charge in [0.05, 0.1) is 22.9 Å². The number of nitrogens with zero attached hydrogens (tertiary/aromatic N) is 3. The zero-order valence-electron chi connectivity index (χ0n) is 12.7. The lowest BCUT2D eigenvalue weighted by Gasteiger charge is -2.11. The quantitative estimate of drug-likeness (QED) is 0.855. The molecule has 0 spiro atoms. The molecule has 3 rings (SSSR count). The average molecular weight is 354 g/mol. The largest absolute Gasteiger partial charge is 0.481 e. The van der Waals surface area contributed by atoms with Gasteiger partial charge in [-0.1, -0.05) is 17.3 Å². The Morgan fingerprint density at radius 3 is 2.56 bits per heavy atom. The van der Waals surface area contributed by atoms with Gasteiger partial charge in [0, 0.05) is 6.54 Å². The first-order valence-corrected chi connectivity index (χ1v) is 7.33. The zero-order valence-corrected chi connectivity index (χ0v) is 12.7. The van der Waals surface area contributed by atoms with E-state index in [9.17, 15) is 22.8 Å².